The molecule has 0 aromatic heterocycles. The second-order valence-corrected chi connectivity index (χ2v) is 8.47. The Hall–Kier alpha value is -1.93. The van der Waals surface area contributed by atoms with Gasteiger partial charge in [-0.1, -0.05) is 29.8 Å². The van der Waals surface area contributed by atoms with Crippen molar-refractivity contribution in [2.24, 2.45) is 0 Å². The molecule has 2 saturated heterocycles. The first-order valence-electron chi connectivity index (χ1n) is 8.05. The smallest absolute Gasteiger partial charge is 0.331 e. The van der Waals surface area contributed by atoms with E-state index in [0.717, 1.165) is 0 Å². The highest BCUT2D eigenvalue weighted by Crippen LogP contribution is 2.51. The van der Waals surface area contributed by atoms with E-state index in [4.69, 9.17) is 21.1 Å². The van der Waals surface area contributed by atoms with Gasteiger partial charge in [-0.2, -0.15) is 0 Å². The minimum Gasteiger partial charge on any atom is -0.484 e. The molecule has 1 aromatic rings. The number of benzene rings is 1. The molecule has 7 nitrogen and oxygen atoms in total. The third kappa shape index (κ3) is 3.48. The molecule has 2 aliphatic rings. The van der Waals surface area contributed by atoms with Crippen molar-refractivity contribution < 1.29 is 23.9 Å². The number of thioether (sulfide) groups is 1. The number of amides is 2. The van der Waals surface area contributed by atoms with E-state index in [0.29, 0.717) is 5.75 Å². The Morgan fingerprint density at radius 1 is 1.31 bits per heavy atom. The summed E-state index contributed by atoms with van der Waals surface area (Å²) in [6.45, 7) is 3.54. The number of halogens is 1. The molecule has 0 spiro atoms. The van der Waals surface area contributed by atoms with Crippen LogP contribution >= 0.6 is 23.4 Å². The number of nitrogens with zero attached hydrogens (tertiary/aromatic N) is 1. The predicted octanol–water partition coefficient (Wildman–Crippen LogP) is 1.35. The maximum Gasteiger partial charge on any atom is 0.331 e. The molecule has 0 bridgehead atoms. The van der Waals surface area contributed by atoms with E-state index >= 15 is 0 Å². The van der Waals surface area contributed by atoms with Crippen molar-refractivity contribution in [2.75, 3.05) is 12.7 Å². The first kappa shape index (κ1) is 18.8. The van der Waals surface area contributed by atoms with Crippen LogP contribution in [0, 0.1) is 0 Å². The molecular formula is C17H19ClN2O5S. The van der Waals surface area contributed by atoms with Crippen LogP contribution in [-0.2, 0) is 19.1 Å². The quantitative estimate of drug-likeness (QED) is 0.442. The van der Waals surface area contributed by atoms with E-state index in [-0.39, 0.29) is 24.0 Å². The summed E-state index contributed by atoms with van der Waals surface area (Å²) in [5, 5.41) is 2.37. The zero-order chi connectivity index (χ0) is 18.9. The van der Waals surface area contributed by atoms with Crippen LogP contribution in [0.1, 0.15) is 13.8 Å². The number of rotatable bonds is 6. The van der Waals surface area contributed by atoms with Gasteiger partial charge in [0.15, 0.2) is 12.7 Å². The third-order valence-electron chi connectivity index (χ3n) is 4.29. The summed E-state index contributed by atoms with van der Waals surface area (Å²) in [4.78, 5) is 38.2. The molecule has 140 valence electrons. The van der Waals surface area contributed by atoms with E-state index in [9.17, 15) is 14.4 Å². The lowest BCUT2D eigenvalue weighted by Crippen LogP contribution is -2.71. The Kier molecular flexibility index (Phi) is 5.34. The average Bonchev–Trinajstić information content (AvgIpc) is 2.87. The fourth-order valence-corrected chi connectivity index (χ4v) is 4.87. The number of fused-ring (bicyclic) bond motifs is 1. The van der Waals surface area contributed by atoms with Gasteiger partial charge >= 0.3 is 5.97 Å². The molecule has 2 amide bonds. The van der Waals surface area contributed by atoms with E-state index in [1.807, 2.05) is 19.9 Å². The molecule has 2 fully saturated rings. The zero-order valence-electron chi connectivity index (χ0n) is 14.3. The van der Waals surface area contributed by atoms with Crippen molar-refractivity contribution in [2.45, 2.75) is 36.1 Å². The van der Waals surface area contributed by atoms with Gasteiger partial charge in [-0.05, 0) is 26.0 Å². The number of para-hydroxylation sites is 1. The number of β-lactam (4-membered cyclic amide) rings is 1. The molecule has 3 atom stereocenters. The summed E-state index contributed by atoms with van der Waals surface area (Å²) in [5.74, 6) is -0.662. The number of carbonyl (C=O) groups is 3. The van der Waals surface area contributed by atoms with Crippen molar-refractivity contribution in [1.29, 1.82) is 0 Å². The molecule has 1 aromatic carbocycles. The first-order valence-corrected chi connectivity index (χ1v) is 9.46. The molecule has 0 radical (unpaired) electrons. The number of hydrogen-bond donors (Lipinski definition) is 1. The molecular weight excluding hydrogens is 380 g/mol. The van der Waals surface area contributed by atoms with Gasteiger partial charge in [-0.15, -0.1) is 11.8 Å². The van der Waals surface area contributed by atoms with Gasteiger partial charge in [0, 0.05) is 4.75 Å². The number of ether oxygens (including phenoxy) is 2. The van der Waals surface area contributed by atoms with Crippen LogP contribution in [-0.4, -0.2) is 57.6 Å². The van der Waals surface area contributed by atoms with Crippen LogP contribution in [0.5, 0.6) is 5.75 Å². The maximum absolute atomic E-state index is 12.5. The van der Waals surface area contributed by atoms with Gasteiger partial charge in [-0.3, -0.25) is 9.59 Å². The number of hydrogen-bond acceptors (Lipinski definition) is 6. The Balaban J connectivity index is 1.59. The topological polar surface area (TPSA) is 84.9 Å². The number of alkyl halides is 1. The van der Waals surface area contributed by atoms with Gasteiger partial charge in [-0.25, -0.2) is 4.79 Å². The summed E-state index contributed by atoms with van der Waals surface area (Å²) in [6, 6.07) is 7.27. The highest BCUT2D eigenvalue weighted by molar-refractivity contribution is 8.01. The van der Waals surface area contributed by atoms with Gasteiger partial charge in [0.1, 0.15) is 23.2 Å². The van der Waals surface area contributed by atoms with Gasteiger partial charge in [0.25, 0.3) is 5.91 Å². The Morgan fingerprint density at radius 2 is 2.00 bits per heavy atom. The number of esters is 1. The van der Waals surface area contributed by atoms with Crippen molar-refractivity contribution in [3.05, 3.63) is 30.3 Å². The monoisotopic (exact) mass is 398 g/mol. The summed E-state index contributed by atoms with van der Waals surface area (Å²) >= 11 is 6.92. The first-order chi connectivity index (χ1) is 12.3. The molecule has 2 aliphatic heterocycles. The molecule has 1 N–H and O–H groups in total. The van der Waals surface area contributed by atoms with Gasteiger partial charge < -0.3 is 19.7 Å². The lowest BCUT2D eigenvalue weighted by molar-refractivity contribution is -0.163. The molecule has 2 heterocycles. The molecule has 0 aliphatic carbocycles. The minimum atomic E-state index is -0.725. The summed E-state index contributed by atoms with van der Waals surface area (Å²) in [5.41, 5.74) is 0. The largest absolute Gasteiger partial charge is 0.484 e. The summed E-state index contributed by atoms with van der Waals surface area (Å²) in [6.07, 6.45) is 0. The van der Waals surface area contributed by atoms with E-state index in [1.165, 1.54) is 16.7 Å². The fraction of sp³-hybridized carbons (Fsp3) is 0.471. The van der Waals surface area contributed by atoms with E-state index in [1.54, 1.807) is 24.3 Å². The van der Waals surface area contributed by atoms with E-state index < -0.39 is 28.7 Å². The van der Waals surface area contributed by atoms with Crippen LogP contribution in [0.4, 0.5) is 0 Å². The lowest BCUT2D eigenvalue weighted by atomic mass is 9.96. The molecule has 0 saturated carbocycles. The minimum absolute atomic E-state index is 0.188. The molecule has 9 heteroatoms. The Labute approximate surface area is 160 Å². The van der Waals surface area contributed by atoms with Crippen molar-refractivity contribution >= 4 is 41.1 Å². The Morgan fingerprint density at radius 3 is 2.65 bits per heavy atom. The number of nitrogens with one attached hydrogen (secondary N) is 1. The molecule has 26 heavy (non-hydrogen) atoms. The normalized spacial score (nSPS) is 25.9. The van der Waals surface area contributed by atoms with Crippen molar-refractivity contribution in [1.82, 2.24) is 10.2 Å². The highest BCUT2D eigenvalue weighted by atomic mass is 35.5. The third-order valence-corrected chi connectivity index (χ3v) is 5.97. The fourth-order valence-electron chi connectivity index (χ4n) is 3.14. The summed E-state index contributed by atoms with van der Waals surface area (Å²) in [7, 11) is 0. The molecule has 0 unspecified atom stereocenters. The van der Waals surface area contributed by atoms with Crippen LogP contribution in [0.25, 0.3) is 0 Å². The second kappa shape index (κ2) is 7.36. The van der Waals surface area contributed by atoms with Gasteiger partial charge in [0.2, 0.25) is 5.91 Å². The Bertz CT molecular complexity index is 714. The summed E-state index contributed by atoms with van der Waals surface area (Å²) < 4.78 is 9.72. The van der Waals surface area contributed by atoms with Crippen molar-refractivity contribution in [3.8, 4) is 5.75 Å². The zero-order valence-corrected chi connectivity index (χ0v) is 15.9. The van der Waals surface area contributed by atoms with Crippen LogP contribution < -0.4 is 10.1 Å². The molecule has 3 rings (SSSR count). The van der Waals surface area contributed by atoms with Crippen LogP contribution in [0.2, 0.25) is 0 Å². The standard InChI is InChI=1S/C17H19ClN2O5S/c1-17(2)13(16(23)25-9-18)20-14(22)12(15(20)26-17)19-11(21)8-24-10-6-4-3-5-7-10/h3-7,12-13,15H,8-9H2,1-2H3,(H,19,21)/t12-,13+,15-/m1/s1. The van der Waals surface area contributed by atoms with Crippen molar-refractivity contribution in [3.63, 3.8) is 0 Å². The van der Waals surface area contributed by atoms with Crippen LogP contribution in [0.15, 0.2) is 30.3 Å². The average molecular weight is 399 g/mol. The SMILES string of the molecule is CC1(C)S[C@@H]2[C@H](NC(=O)COc3ccccc3)C(=O)N2[C@H]1C(=O)OCCl. The van der Waals surface area contributed by atoms with E-state index in [2.05, 4.69) is 5.32 Å². The second-order valence-electron chi connectivity index (χ2n) is 6.48. The van der Waals surface area contributed by atoms with Gasteiger partial charge in [0.05, 0.1) is 0 Å². The number of carbonyl (C=O) groups excluding carboxylic acids is 3. The lowest BCUT2D eigenvalue weighted by Gasteiger charge is -2.43. The van der Waals surface area contributed by atoms with Crippen LogP contribution in [0.3, 0.4) is 0 Å². The predicted molar refractivity (Wildman–Crippen MR) is 96.8 cm³/mol. The highest BCUT2D eigenvalue weighted by Gasteiger charge is 2.64. The maximum atomic E-state index is 12.5.